The van der Waals surface area contributed by atoms with Crippen LogP contribution >= 0.6 is 0 Å². The van der Waals surface area contributed by atoms with Crippen molar-refractivity contribution in [3.05, 3.63) is 54.1 Å². The molecule has 2 aromatic rings. The molecule has 26 heavy (non-hydrogen) atoms. The first-order valence-electron chi connectivity index (χ1n) is 8.57. The van der Waals surface area contributed by atoms with Gasteiger partial charge in [-0.3, -0.25) is 9.52 Å². The van der Waals surface area contributed by atoms with Gasteiger partial charge in [-0.2, -0.15) is 0 Å². The summed E-state index contributed by atoms with van der Waals surface area (Å²) in [5.74, 6) is 0.0236. The number of sulfonamides is 1. The van der Waals surface area contributed by atoms with E-state index in [9.17, 15) is 13.2 Å². The lowest BCUT2D eigenvalue weighted by atomic mass is 10.0. The van der Waals surface area contributed by atoms with Crippen molar-refractivity contribution in [1.29, 1.82) is 0 Å². The molecule has 1 atom stereocenters. The third-order valence-corrected chi connectivity index (χ3v) is 4.92. The number of rotatable bonds is 5. The van der Waals surface area contributed by atoms with Gasteiger partial charge in [-0.05, 0) is 55.7 Å². The summed E-state index contributed by atoms with van der Waals surface area (Å²) in [4.78, 5) is 14.7. The second kappa shape index (κ2) is 7.37. The van der Waals surface area contributed by atoms with Gasteiger partial charge < -0.3 is 10.2 Å². The molecule has 1 aliphatic rings. The first-order chi connectivity index (χ1) is 12.3. The number of nitrogens with one attached hydrogen (secondary N) is 2. The van der Waals surface area contributed by atoms with E-state index in [0.717, 1.165) is 37.0 Å². The lowest BCUT2D eigenvalue weighted by Crippen LogP contribution is -2.44. The van der Waals surface area contributed by atoms with Gasteiger partial charge in [-0.1, -0.05) is 18.2 Å². The third kappa shape index (κ3) is 4.35. The van der Waals surface area contributed by atoms with Crippen LogP contribution in [0.4, 0.5) is 17.1 Å². The minimum atomic E-state index is -3.30. The van der Waals surface area contributed by atoms with E-state index in [1.807, 2.05) is 30.0 Å². The topological polar surface area (TPSA) is 78.5 Å². The SMILES string of the molecule is CC(Nc1ccc(NS(C)(=O)=O)cc1)C(=O)N1CCCc2ccccc21. The van der Waals surface area contributed by atoms with Gasteiger partial charge in [0.15, 0.2) is 0 Å². The summed E-state index contributed by atoms with van der Waals surface area (Å²) in [6.07, 6.45) is 3.06. The Morgan fingerprint density at radius 1 is 1.08 bits per heavy atom. The molecule has 0 radical (unpaired) electrons. The van der Waals surface area contributed by atoms with Crippen LogP contribution in [0.3, 0.4) is 0 Å². The molecular formula is C19H23N3O3S. The largest absolute Gasteiger partial charge is 0.374 e. The van der Waals surface area contributed by atoms with Gasteiger partial charge in [0, 0.05) is 23.6 Å². The van der Waals surface area contributed by atoms with E-state index in [2.05, 4.69) is 16.1 Å². The zero-order chi connectivity index (χ0) is 18.7. The maximum absolute atomic E-state index is 12.9. The quantitative estimate of drug-likeness (QED) is 0.845. The van der Waals surface area contributed by atoms with Crippen LogP contribution in [0.15, 0.2) is 48.5 Å². The molecule has 0 fully saturated rings. The molecular weight excluding hydrogens is 350 g/mol. The number of carbonyl (C=O) groups is 1. The van der Waals surface area contributed by atoms with Crippen LogP contribution in [0, 0.1) is 0 Å². The van der Waals surface area contributed by atoms with Gasteiger partial charge in [0.1, 0.15) is 6.04 Å². The van der Waals surface area contributed by atoms with E-state index in [-0.39, 0.29) is 5.91 Å². The van der Waals surface area contributed by atoms with E-state index < -0.39 is 16.1 Å². The molecule has 6 nitrogen and oxygen atoms in total. The number of aryl methyl sites for hydroxylation is 1. The smallest absolute Gasteiger partial charge is 0.249 e. The number of nitrogens with zero attached hydrogens (tertiary/aromatic N) is 1. The summed E-state index contributed by atoms with van der Waals surface area (Å²) in [5.41, 5.74) is 3.44. The Balaban J connectivity index is 1.68. The normalized spacial score (nSPS) is 15.1. The van der Waals surface area contributed by atoms with Crippen LogP contribution in [0.1, 0.15) is 18.9 Å². The Kier molecular flexibility index (Phi) is 5.18. The molecule has 1 unspecified atom stereocenters. The van der Waals surface area contributed by atoms with Crippen LogP contribution in [-0.2, 0) is 21.2 Å². The van der Waals surface area contributed by atoms with Crippen molar-refractivity contribution >= 4 is 33.0 Å². The fourth-order valence-corrected chi connectivity index (χ4v) is 3.72. The highest BCUT2D eigenvalue weighted by Crippen LogP contribution is 2.27. The Bertz CT molecular complexity index is 895. The molecule has 3 rings (SSSR count). The molecule has 1 amide bonds. The van der Waals surface area contributed by atoms with Crippen molar-refractivity contribution in [2.24, 2.45) is 0 Å². The van der Waals surface area contributed by atoms with E-state index >= 15 is 0 Å². The number of anilines is 3. The van der Waals surface area contributed by atoms with E-state index in [4.69, 9.17) is 0 Å². The highest BCUT2D eigenvalue weighted by Gasteiger charge is 2.25. The molecule has 0 aromatic heterocycles. The maximum Gasteiger partial charge on any atom is 0.249 e. The number of fused-ring (bicyclic) bond motifs is 1. The van der Waals surface area contributed by atoms with E-state index in [1.165, 1.54) is 5.56 Å². The summed E-state index contributed by atoms with van der Waals surface area (Å²) >= 11 is 0. The highest BCUT2D eigenvalue weighted by molar-refractivity contribution is 7.92. The van der Waals surface area contributed by atoms with Crippen LogP contribution in [0.25, 0.3) is 0 Å². The number of hydrogen-bond acceptors (Lipinski definition) is 4. The van der Waals surface area contributed by atoms with Crippen molar-refractivity contribution in [2.75, 3.05) is 27.7 Å². The fraction of sp³-hybridized carbons (Fsp3) is 0.316. The maximum atomic E-state index is 12.9. The first kappa shape index (κ1) is 18.3. The average Bonchev–Trinajstić information content (AvgIpc) is 2.61. The van der Waals surface area contributed by atoms with Crippen LogP contribution in [0.2, 0.25) is 0 Å². The monoisotopic (exact) mass is 373 g/mol. The number of hydrogen-bond donors (Lipinski definition) is 2. The molecule has 7 heteroatoms. The Morgan fingerprint density at radius 3 is 2.42 bits per heavy atom. The van der Waals surface area contributed by atoms with Gasteiger partial charge in [0.25, 0.3) is 0 Å². The summed E-state index contributed by atoms with van der Waals surface area (Å²) in [6.45, 7) is 2.56. The first-order valence-corrected chi connectivity index (χ1v) is 10.5. The second-order valence-electron chi connectivity index (χ2n) is 6.54. The summed E-state index contributed by atoms with van der Waals surface area (Å²) < 4.78 is 24.9. The predicted molar refractivity (Wildman–Crippen MR) is 105 cm³/mol. The van der Waals surface area contributed by atoms with Gasteiger partial charge in [-0.25, -0.2) is 8.42 Å². The molecule has 0 bridgehead atoms. The minimum absolute atomic E-state index is 0.0236. The van der Waals surface area contributed by atoms with Crippen molar-refractivity contribution < 1.29 is 13.2 Å². The van der Waals surface area contributed by atoms with E-state index in [0.29, 0.717) is 5.69 Å². The Hall–Kier alpha value is -2.54. The number of amides is 1. The fourth-order valence-electron chi connectivity index (χ4n) is 3.16. The second-order valence-corrected chi connectivity index (χ2v) is 8.29. The van der Waals surface area contributed by atoms with Gasteiger partial charge in [0.05, 0.1) is 6.26 Å². The number of para-hydroxylation sites is 1. The lowest BCUT2D eigenvalue weighted by molar-refractivity contribution is -0.119. The molecule has 1 heterocycles. The summed E-state index contributed by atoms with van der Waals surface area (Å²) in [7, 11) is -3.30. The summed E-state index contributed by atoms with van der Waals surface area (Å²) in [5, 5.41) is 3.19. The van der Waals surface area contributed by atoms with Crippen molar-refractivity contribution in [3.8, 4) is 0 Å². The molecule has 1 aliphatic heterocycles. The molecule has 0 spiro atoms. The number of carbonyl (C=O) groups excluding carboxylic acids is 1. The minimum Gasteiger partial charge on any atom is -0.374 e. The van der Waals surface area contributed by atoms with Gasteiger partial charge in [-0.15, -0.1) is 0 Å². The van der Waals surface area contributed by atoms with Crippen molar-refractivity contribution in [2.45, 2.75) is 25.8 Å². The molecule has 2 N–H and O–H groups in total. The Labute approximate surface area is 154 Å². The van der Waals surface area contributed by atoms with Gasteiger partial charge in [0.2, 0.25) is 15.9 Å². The molecule has 0 saturated carbocycles. The molecule has 0 saturated heterocycles. The van der Waals surface area contributed by atoms with Crippen LogP contribution in [-0.4, -0.2) is 33.2 Å². The zero-order valence-corrected chi connectivity index (χ0v) is 15.7. The van der Waals surface area contributed by atoms with Crippen molar-refractivity contribution in [3.63, 3.8) is 0 Å². The van der Waals surface area contributed by atoms with E-state index in [1.54, 1.807) is 24.3 Å². The van der Waals surface area contributed by atoms with Crippen LogP contribution < -0.4 is 14.9 Å². The predicted octanol–water partition coefficient (Wildman–Crippen LogP) is 2.84. The molecule has 0 aliphatic carbocycles. The average molecular weight is 373 g/mol. The zero-order valence-electron chi connectivity index (χ0n) is 14.9. The Morgan fingerprint density at radius 2 is 1.73 bits per heavy atom. The van der Waals surface area contributed by atoms with Crippen molar-refractivity contribution in [1.82, 2.24) is 0 Å². The highest BCUT2D eigenvalue weighted by atomic mass is 32.2. The number of benzene rings is 2. The standard InChI is InChI=1S/C19H23N3O3S/c1-14(20-16-9-11-17(12-10-16)21-26(2,24)25)19(23)22-13-5-7-15-6-3-4-8-18(15)22/h3-4,6,8-12,14,20-21H,5,7,13H2,1-2H3. The summed E-state index contributed by atoms with van der Waals surface area (Å²) in [6, 6.07) is 14.5. The molecule has 138 valence electrons. The molecule has 2 aromatic carbocycles. The van der Waals surface area contributed by atoms with Crippen LogP contribution in [0.5, 0.6) is 0 Å². The lowest BCUT2D eigenvalue weighted by Gasteiger charge is -2.32. The van der Waals surface area contributed by atoms with Gasteiger partial charge >= 0.3 is 0 Å². The third-order valence-electron chi connectivity index (χ3n) is 4.32.